The Morgan fingerprint density at radius 2 is 2.42 bits per heavy atom. The minimum atomic E-state index is -0.415. The average Bonchev–Trinajstić information content (AvgIpc) is 2.39. The lowest BCUT2D eigenvalue weighted by atomic mass is 10.0. The molecule has 1 heterocycles. The van der Waals surface area contributed by atoms with Crippen LogP contribution < -0.4 is 11.1 Å². The van der Waals surface area contributed by atoms with Gasteiger partial charge in [0.15, 0.2) is 0 Å². The van der Waals surface area contributed by atoms with Gasteiger partial charge in [-0.2, -0.15) is 0 Å². The van der Waals surface area contributed by atoms with Gasteiger partial charge >= 0.3 is 0 Å². The van der Waals surface area contributed by atoms with E-state index in [4.69, 9.17) is 17.3 Å². The van der Waals surface area contributed by atoms with Crippen molar-refractivity contribution >= 4 is 29.3 Å². The molecule has 19 heavy (non-hydrogen) atoms. The summed E-state index contributed by atoms with van der Waals surface area (Å²) in [5.41, 5.74) is 6.96. The van der Waals surface area contributed by atoms with E-state index >= 15 is 0 Å². The van der Waals surface area contributed by atoms with E-state index in [0.29, 0.717) is 5.02 Å². The summed E-state index contributed by atoms with van der Waals surface area (Å²) in [6, 6.07) is 5.47. The van der Waals surface area contributed by atoms with E-state index in [1.54, 1.807) is 11.8 Å². The molecule has 0 aliphatic carbocycles. The number of fused-ring (bicyclic) bond motifs is 1. The molecular formula is C14H19ClN2OS. The zero-order valence-electron chi connectivity index (χ0n) is 11.0. The second kappa shape index (κ2) is 6.64. The summed E-state index contributed by atoms with van der Waals surface area (Å²) < 4.78 is 0. The fraction of sp³-hybridized carbons (Fsp3) is 0.500. The third-order valence-electron chi connectivity index (χ3n) is 3.26. The van der Waals surface area contributed by atoms with Gasteiger partial charge in [0, 0.05) is 15.7 Å². The lowest BCUT2D eigenvalue weighted by Gasteiger charge is -2.27. The number of hydrogen-bond donors (Lipinski definition) is 2. The Morgan fingerprint density at radius 3 is 3.16 bits per heavy atom. The minimum absolute atomic E-state index is 0.0327. The molecule has 0 saturated heterocycles. The third kappa shape index (κ3) is 3.65. The van der Waals surface area contributed by atoms with Crippen molar-refractivity contribution in [3.05, 3.63) is 28.8 Å². The first-order valence-electron chi connectivity index (χ1n) is 6.60. The van der Waals surface area contributed by atoms with Crippen LogP contribution >= 0.6 is 23.4 Å². The van der Waals surface area contributed by atoms with Crippen LogP contribution in [0, 0.1) is 0 Å². The summed E-state index contributed by atoms with van der Waals surface area (Å²) in [4.78, 5) is 13.2. The lowest BCUT2D eigenvalue weighted by molar-refractivity contribution is -0.123. The van der Waals surface area contributed by atoms with Crippen LogP contribution in [0.2, 0.25) is 5.02 Å². The number of thioether (sulfide) groups is 1. The molecule has 1 aliphatic heterocycles. The van der Waals surface area contributed by atoms with E-state index in [9.17, 15) is 4.79 Å². The summed E-state index contributed by atoms with van der Waals surface area (Å²) in [6.07, 6.45) is 2.55. The Labute approximate surface area is 123 Å². The number of nitrogens with two attached hydrogens (primary N) is 1. The van der Waals surface area contributed by atoms with E-state index in [-0.39, 0.29) is 11.9 Å². The molecule has 0 spiro atoms. The first-order valence-corrected chi connectivity index (χ1v) is 7.96. The Hall–Kier alpha value is -0.710. The number of nitrogens with one attached hydrogen (secondary N) is 1. The molecule has 2 atom stereocenters. The topological polar surface area (TPSA) is 55.1 Å². The van der Waals surface area contributed by atoms with Crippen LogP contribution in [0.5, 0.6) is 0 Å². The van der Waals surface area contributed by atoms with Gasteiger partial charge in [-0.1, -0.05) is 24.9 Å². The van der Waals surface area contributed by atoms with Gasteiger partial charge in [-0.3, -0.25) is 4.79 Å². The fourth-order valence-electron chi connectivity index (χ4n) is 2.24. The highest BCUT2D eigenvalue weighted by molar-refractivity contribution is 7.99. The van der Waals surface area contributed by atoms with Gasteiger partial charge in [0.05, 0.1) is 12.1 Å². The second-order valence-corrected chi connectivity index (χ2v) is 6.35. The maximum absolute atomic E-state index is 12.0. The highest BCUT2D eigenvalue weighted by atomic mass is 35.5. The fourth-order valence-corrected chi connectivity index (χ4v) is 3.52. The third-order valence-corrected chi connectivity index (χ3v) is 4.62. The predicted octanol–water partition coefficient (Wildman–Crippen LogP) is 3.12. The predicted molar refractivity (Wildman–Crippen MR) is 80.6 cm³/mol. The summed E-state index contributed by atoms with van der Waals surface area (Å²) in [5.74, 6) is 0.937. The van der Waals surface area contributed by atoms with Gasteiger partial charge < -0.3 is 11.1 Å². The normalized spacial score (nSPS) is 19.6. The molecule has 3 nitrogen and oxygen atoms in total. The Balaban J connectivity index is 2.11. The Bertz CT molecular complexity index is 467. The maximum Gasteiger partial charge on any atom is 0.237 e. The second-order valence-electron chi connectivity index (χ2n) is 4.78. The van der Waals surface area contributed by atoms with Gasteiger partial charge in [0.25, 0.3) is 0 Å². The first kappa shape index (κ1) is 14.7. The molecule has 0 radical (unpaired) electrons. The van der Waals surface area contributed by atoms with Crippen molar-refractivity contribution in [2.75, 3.05) is 5.75 Å². The molecule has 3 N–H and O–H groups in total. The molecule has 2 rings (SSSR count). The van der Waals surface area contributed by atoms with Gasteiger partial charge in [0.1, 0.15) is 0 Å². The van der Waals surface area contributed by atoms with E-state index in [0.717, 1.165) is 30.6 Å². The van der Waals surface area contributed by atoms with Gasteiger partial charge in [-0.05, 0) is 36.6 Å². The van der Waals surface area contributed by atoms with Crippen LogP contribution in [0.4, 0.5) is 0 Å². The lowest BCUT2D eigenvalue weighted by Crippen LogP contribution is -2.42. The van der Waals surface area contributed by atoms with Crippen LogP contribution in [0.3, 0.4) is 0 Å². The SMILES string of the molecule is CCC[C@H](N)C(=O)N[C@H]1CCSc2ccc(Cl)cc21. The molecule has 104 valence electrons. The van der Waals surface area contributed by atoms with E-state index in [2.05, 4.69) is 5.32 Å². The van der Waals surface area contributed by atoms with Crippen molar-refractivity contribution in [3.8, 4) is 0 Å². The Kier molecular flexibility index (Phi) is 5.13. The van der Waals surface area contributed by atoms with E-state index in [1.165, 1.54) is 4.90 Å². The van der Waals surface area contributed by atoms with Crippen molar-refractivity contribution < 1.29 is 4.79 Å². The van der Waals surface area contributed by atoms with Crippen LogP contribution in [0.25, 0.3) is 0 Å². The molecule has 1 aromatic carbocycles. The standard InChI is InChI=1S/C14H19ClN2OS/c1-2-3-11(16)14(18)17-12-6-7-19-13-5-4-9(15)8-10(12)13/h4-5,8,11-12H,2-3,6-7,16H2,1H3,(H,17,18)/t11-,12-/m0/s1. The molecule has 1 aromatic rings. The van der Waals surface area contributed by atoms with Crippen molar-refractivity contribution in [3.63, 3.8) is 0 Å². The number of benzene rings is 1. The number of amides is 1. The van der Waals surface area contributed by atoms with Crippen molar-refractivity contribution in [1.29, 1.82) is 0 Å². The van der Waals surface area contributed by atoms with Crippen LogP contribution in [0.1, 0.15) is 37.8 Å². The van der Waals surface area contributed by atoms with E-state index in [1.807, 2.05) is 25.1 Å². The number of rotatable bonds is 4. The van der Waals surface area contributed by atoms with Gasteiger partial charge in [-0.15, -0.1) is 11.8 Å². The van der Waals surface area contributed by atoms with Crippen LogP contribution in [0.15, 0.2) is 23.1 Å². The summed E-state index contributed by atoms with van der Waals surface area (Å²) in [5, 5.41) is 3.76. The van der Waals surface area contributed by atoms with E-state index < -0.39 is 6.04 Å². The monoisotopic (exact) mass is 298 g/mol. The summed E-state index contributed by atoms with van der Waals surface area (Å²) in [7, 11) is 0. The molecule has 1 amide bonds. The van der Waals surface area contributed by atoms with Crippen molar-refractivity contribution in [2.45, 2.75) is 43.2 Å². The molecule has 0 bridgehead atoms. The molecule has 5 heteroatoms. The molecule has 0 saturated carbocycles. The number of carbonyl (C=O) groups is 1. The Morgan fingerprint density at radius 1 is 1.63 bits per heavy atom. The molecule has 1 aliphatic rings. The molecule has 0 unspecified atom stereocenters. The summed E-state index contributed by atoms with van der Waals surface area (Å²) in [6.45, 7) is 2.03. The molecule has 0 aromatic heterocycles. The quantitative estimate of drug-likeness (QED) is 0.898. The summed E-state index contributed by atoms with van der Waals surface area (Å²) >= 11 is 7.85. The van der Waals surface area contributed by atoms with Crippen molar-refractivity contribution in [2.24, 2.45) is 5.73 Å². The molecule has 0 fully saturated rings. The first-order chi connectivity index (χ1) is 9.11. The highest BCUT2D eigenvalue weighted by Crippen LogP contribution is 2.37. The van der Waals surface area contributed by atoms with Gasteiger partial charge in [0.2, 0.25) is 5.91 Å². The number of carbonyl (C=O) groups excluding carboxylic acids is 1. The highest BCUT2D eigenvalue weighted by Gasteiger charge is 2.24. The van der Waals surface area contributed by atoms with Crippen molar-refractivity contribution in [1.82, 2.24) is 5.32 Å². The number of hydrogen-bond acceptors (Lipinski definition) is 3. The maximum atomic E-state index is 12.0. The molecular weight excluding hydrogens is 280 g/mol. The minimum Gasteiger partial charge on any atom is -0.348 e. The van der Waals surface area contributed by atoms with Gasteiger partial charge in [-0.25, -0.2) is 0 Å². The smallest absolute Gasteiger partial charge is 0.237 e. The van der Waals surface area contributed by atoms with Crippen LogP contribution in [-0.2, 0) is 4.79 Å². The zero-order valence-corrected chi connectivity index (χ0v) is 12.6. The van der Waals surface area contributed by atoms with Crippen LogP contribution in [-0.4, -0.2) is 17.7 Å². The number of halogens is 1. The average molecular weight is 299 g/mol. The largest absolute Gasteiger partial charge is 0.348 e. The zero-order chi connectivity index (χ0) is 13.8.